The molecule has 1 unspecified atom stereocenters. The van der Waals surface area contributed by atoms with Crippen molar-refractivity contribution in [3.8, 4) is 0 Å². The molecule has 1 amide bonds. The monoisotopic (exact) mass is 273 g/mol. The standard InChI is InChI=1S/C17H23NO2/c1-13(15-5-3-2-4-6-15)7-10-17(20)18-16-9-8-14(11-16)12-19/h2-6,8-9,13-14,16,19H,7,10-12H2,1H3,(H,18,20)/t13?,14-,16+/m0/s1. The number of carbonyl (C=O) groups is 1. The molecule has 0 aliphatic heterocycles. The van der Waals surface area contributed by atoms with Gasteiger partial charge in [-0.3, -0.25) is 4.79 Å². The largest absolute Gasteiger partial charge is 0.396 e. The van der Waals surface area contributed by atoms with Crippen molar-refractivity contribution in [2.45, 2.75) is 38.1 Å². The fourth-order valence-electron chi connectivity index (χ4n) is 2.59. The van der Waals surface area contributed by atoms with Gasteiger partial charge in [0.15, 0.2) is 0 Å². The summed E-state index contributed by atoms with van der Waals surface area (Å²) in [6, 6.07) is 10.4. The molecule has 2 rings (SSSR count). The van der Waals surface area contributed by atoms with Crippen LogP contribution in [0.5, 0.6) is 0 Å². The van der Waals surface area contributed by atoms with E-state index in [0.29, 0.717) is 12.3 Å². The van der Waals surface area contributed by atoms with E-state index in [2.05, 4.69) is 24.4 Å². The highest BCUT2D eigenvalue weighted by molar-refractivity contribution is 5.76. The van der Waals surface area contributed by atoms with Gasteiger partial charge in [0.2, 0.25) is 5.91 Å². The first kappa shape index (κ1) is 14.8. The van der Waals surface area contributed by atoms with Crippen LogP contribution in [-0.4, -0.2) is 23.7 Å². The van der Waals surface area contributed by atoms with Crippen LogP contribution >= 0.6 is 0 Å². The summed E-state index contributed by atoms with van der Waals surface area (Å²) in [4.78, 5) is 11.9. The maximum Gasteiger partial charge on any atom is 0.220 e. The van der Waals surface area contributed by atoms with Crippen molar-refractivity contribution >= 4 is 5.91 Å². The van der Waals surface area contributed by atoms with Gasteiger partial charge in [0.1, 0.15) is 0 Å². The summed E-state index contributed by atoms with van der Waals surface area (Å²) in [6.07, 6.45) is 6.19. The number of carbonyl (C=O) groups excluding carboxylic acids is 1. The molecular formula is C17H23NO2. The molecule has 1 aliphatic rings. The molecule has 0 heterocycles. The summed E-state index contributed by atoms with van der Waals surface area (Å²) in [6.45, 7) is 2.31. The second-order valence-electron chi connectivity index (χ2n) is 5.59. The molecule has 3 atom stereocenters. The van der Waals surface area contributed by atoms with Crippen molar-refractivity contribution in [3.63, 3.8) is 0 Å². The van der Waals surface area contributed by atoms with Gasteiger partial charge in [0.25, 0.3) is 0 Å². The van der Waals surface area contributed by atoms with Crippen LogP contribution in [0.1, 0.15) is 37.7 Å². The summed E-state index contributed by atoms with van der Waals surface area (Å²) in [5.74, 6) is 0.691. The second-order valence-corrected chi connectivity index (χ2v) is 5.59. The number of aliphatic hydroxyl groups excluding tert-OH is 1. The summed E-state index contributed by atoms with van der Waals surface area (Å²) in [5, 5.41) is 12.1. The lowest BCUT2D eigenvalue weighted by atomic mass is 9.96. The lowest BCUT2D eigenvalue weighted by Crippen LogP contribution is -2.32. The van der Waals surface area contributed by atoms with Gasteiger partial charge in [0, 0.05) is 25.0 Å². The van der Waals surface area contributed by atoms with Crippen molar-refractivity contribution in [2.75, 3.05) is 6.61 Å². The van der Waals surface area contributed by atoms with Crippen LogP contribution in [0.15, 0.2) is 42.5 Å². The van der Waals surface area contributed by atoms with E-state index in [1.807, 2.05) is 30.4 Å². The maximum absolute atomic E-state index is 11.9. The first-order chi connectivity index (χ1) is 9.69. The van der Waals surface area contributed by atoms with E-state index >= 15 is 0 Å². The molecule has 0 aromatic heterocycles. The second kappa shape index (κ2) is 7.25. The van der Waals surface area contributed by atoms with E-state index in [1.54, 1.807) is 0 Å². The normalized spacial score (nSPS) is 22.7. The van der Waals surface area contributed by atoms with E-state index < -0.39 is 0 Å². The average molecular weight is 273 g/mol. The van der Waals surface area contributed by atoms with Crippen LogP contribution in [0.25, 0.3) is 0 Å². The Morgan fingerprint density at radius 1 is 1.35 bits per heavy atom. The number of benzene rings is 1. The molecule has 0 saturated carbocycles. The molecule has 108 valence electrons. The molecule has 20 heavy (non-hydrogen) atoms. The van der Waals surface area contributed by atoms with Crippen molar-refractivity contribution in [2.24, 2.45) is 5.92 Å². The number of nitrogens with one attached hydrogen (secondary N) is 1. The minimum Gasteiger partial charge on any atom is -0.396 e. The Kier molecular flexibility index (Phi) is 5.36. The van der Waals surface area contributed by atoms with Gasteiger partial charge in [-0.25, -0.2) is 0 Å². The van der Waals surface area contributed by atoms with E-state index in [0.717, 1.165) is 12.8 Å². The fraction of sp³-hybridized carbons (Fsp3) is 0.471. The number of rotatable bonds is 6. The Morgan fingerprint density at radius 2 is 2.10 bits per heavy atom. The molecule has 1 aliphatic carbocycles. The van der Waals surface area contributed by atoms with E-state index in [1.165, 1.54) is 5.56 Å². The average Bonchev–Trinajstić information content (AvgIpc) is 2.93. The van der Waals surface area contributed by atoms with Crippen LogP contribution in [0.2, 0.25) is 0 Å². The third-order valence-corrected chi connectivity index (χ3v) is 3.93. The van der Waals surface area contributed by atoms with Crippen LogP contribution in [0, 0.1) is 5.92 Å². The third kappa shape index (κ3) is 4.20. The Balaban J connectivity index is 1.72. The quantitative estimate of drug-likeness (QED) is 0.783. The fourth-order valence-corrected chi connectivity index (χ4v) is 2.59. The lowest BCUT2D eigenvalue weighted by molar-refractivity contribution is -0.121. The van der Waals surface area contributed by atoms with E-state index in [4.69, 9.17) is 5.11 Å². The first-order valence-electron chi connectivity index (χ1n) is 7.32. The topological polar surface area (TPSA) is 49.3 Å². The zero-order chi connectivity index (χ0) is 14.4. The molecule has 2 N–H and O–H groups in total. The smallest absolute Gasteiger partial charge is 0.220 e. The van der Waals surface area contributed by atoms with Gasteiger partial charge in [-0.15, -0.1) is 0 Å². The summed E-state index contributed by atoms with van der Waals surface area (Å²) < 4.78 is 0. The Hall–Kier alpha value is -1.61. The molecule has 0 bridgehead atoms. The summed E-state index contributed by atoms with van der Waals surface area (Å²) in [7, 11) is 0. The predicted molar refractivity (Wildman–Crippen MR) is 80.4 cm³/mol. The Bertz CT molecular complexity index is 455. The zero-order valence-corrected chi connectivity index (χ0v) is 12.0. The Morgan fingerprint density at radius 3 is 2.75 bits per heavy atom. The highest BCUT2D eigenvalue weighted by atomic mass is 16.3. The van der Waals surface area contributed by atoms with Gasteiger partial charge in [-0.2, -0.15) is 0 Å². The molecule has 0 radical (unpaired) electrons. The molecule has 1 aromatic carbocycles. The highest BCUT2D eigenvalue weighted by Crippen LogP contribution is 2.21. The van der Waals surface area contributed by atoms with Gasteiger partial charge >= 0.3 is 0 Å². The van der Waals surface area contributed by atoms with E-state index in [-0.39, 0.29) is 24.5 Å². The van der Waals surface area contributed by atoms with Crippen LogP contribution in [-0.2, 0) is 4.79 Å². The molecule has 0 saturated heterocycles. The molecule has 0 fully saturated rings. The van der Waals surface area contributed by atoms with Gasteiger partial charge in [-0.1, -0.05) is 49.4 Å². The van der Waals surface area contributed by atoms with Gasteiger partial charge in [0.05, 0.1) is 0 Å². The number of amides is 1. The summed E-state index contributed by atoms with van der Waals surface area (Å²) >= 11 is 0. The first-order valence-corrected chi connectivity index (χ1v) is 7.32. The summed E-state index contributed by atoms with van der Waals surface area (Å²) in [5.41, 5.74) is 1.28. The minimum atomic E-state index is 0.0895. The Labute approximate surface area is 120 Å². The molecule has 3 nitrogen and oxygen atoms in total. The van der Waals surface area contributed by atoms with Crippen molar-refractivity contribution in [1.29, 1.82) is 0 Å². The van der Waals surface area contributed by atoms with Crippen molar-refractivity contribution in [1.82, 2.24) is 5.32 Å². The maximum atomic E-state index is 11.9. The predicted octanol–water partition coefficient (Wildman–Crippen LogP) is 2.62. The van der Waals surface area contributed by atoms with Crippen LogP contribution in [0.3, 0.4) is 0 Å². The van der Waals surface area contributed by atoms with Crippen LogP contribution < -0.4 is 5.32 Å². The number of hydrogen-bond donors (Lipinski definition) is 2. The molecular weight excluding hydrogens is 250 g/mol. The highest BCUT2D eigenvalue weighted by Gasteiger charge is 2.19. The van der Waals surface area contributed by atoms with E-state index in [9.17, 15) is 4.79 Å². The van der Waals surface area contributed by atoms with Crippen molar-refractivity contribution in [3.05, 3.63) is 48.0 Å². The SMILES string of the molecule is CC(CCC(=O)N[C@@H]1C=C[C@H](CO)C1)c1ccccc1. The molecule has 3 heteroatoms. The lowest BCUT2D eigenvalue weighted by Gasteiger charge is -2.15. The number of hydrogen-bond acceptors (Lipinski definition) is 2. The van der Waals surface area contributed by atoms with Crippen LogP contribution in [0.4, 0.5) is 0 Å². The third-order valence-electron chi connectivity index (χ3n) is 3.93. The van der Waals surface area contributed by atoms with Crippen molar-refractivity contribution < 1.29 is 9.90 Å². The zero-order valence-electron chi connectivity index (χ0n) is 12.0. The van der Waals surface area contributed by atoms with Gasteiger partial charge < -0.3 is 10.4 Å². The molecule has 0 spiro atoms. The number of aliphatic hydroxyl groups is 1. The van der Waals surface area contributed by atoms with Gasteiger partial charge in [-0.05, 0) is 24.3 Å². The molecule has 1 aromatic rings. The minimum absolute atomic E-state index is 0.0895.